The molecule has 0 N–H and O–H groups in total. The van der Waals surface area contributed by atoms with Gasteiger partial charge in [-0.15, -0.1) is 9.19 Å². The third-order valence-electron chi connectivity index (χ3n) is 3.05. The summed E-state index contributed by atoms with van der Waals surface area (Å²) in [5.74, 6) is 0.395. The largest absolute Gasteiger partial charge is 0.284 e. The normalized spacial score (nSPS) is 15.8. The molecule has 1 aliphatic rings. The number of aromatic nitrogens is 3. The third-order valence-corrected chi connectivity index (χ3v) is 4.59. The summed E-state index contributed by atoms with van der Waals surface area (Å²) in [4.78, 5) is 0.236. The number of benzene rings is 1. The highest BCUT2D eigenvalue weighted by Gasteiger charge is 2.28. The molecule has 1 aliphatic carbocycles. The smallest absolute Gasteiger partial charge is 0.199 e. The monoisotopic (exact) mass is 263 g/mol. The summed E-state index contributed by atoms with van der Waals surface area (Å²) in [6.45, 7) is 1.91. The lowest BCUT2D eigenvalue weighted by molar-refractivity contribution is 0.577. The topological polar surface area (TPSA) is 64.8 Å². The van der Waals surface area contributed by atoms with E-state index in [1.54, 1.807) is 24.3 Å². The highest BCUT2D eigenvalue weighted by atomic mass is 32.2. The Balaban J connectivity index is 1.99. The first-order valence-electron chi connectivity index (χ1n) is 5.82. The van der Waals surface area contributed by atoms with E-state index in [1.807, 2.05) is 6.92 Å². The number of hydrogen-bond acceptors (Lipinski definition) is 4. The number of hydrogen-bond donors (Lipinski definition) is 0. The second-order valence-electron chi connectivity index (χ2n) is 4.61. The van der Waals surface area contributed by atoms with Gasteiger partial charge in [0.2, 0.25) is 0 Å². The minimum Gasteiger partial charge on any atom is -0.199 e. The van der Waals surface area contributed by atoms with E-state index < -0.39 is 10.0 Å². The fraction of sp³-hybridized carbons (Fsp3) is 0.333. The van der Waals surface area contributed by atoms with Crippen molar-refractivity contribution in [2.45, 2.75) is 30.6 Å². The van der Waals surface area contributed by atoms with Gasteiger partial charge in [0.05, 0.1) is 16.8 Å². The predicted molar refractivity (Wildman–Crippen MR) is 65.8 cm³/mol. The minimum absolute atomic E-state index is 0.236. The Morgan fingerprint density at radius 1 is 1.22 bits per heavy atom. The maximum Gasteiger partial charge on any atom is 0.284 e. The van der Waals surface area contributed by atoms with E-state index in [0.717, 1.165) is 28.2 Å². The van der Waals surface area contributed by atoms with E-state index in [1.165, 1.54) is 6.20 Å². The molecule has 2 aromatic rings. The van der Waals surface area contributed by atoms with Crippen molar-refractivity contribution in [3.05, 3.63) is 41.7 Å². The zero-order valence-electron chi connectivity index (χ0n) is 9.94. The van der Waals surface area contributed by atoms with Crippen LogP contribution in [0.2, 0.25) is 0 Å². The SMILES string of the molecule is Cc1ccc(S(=O)(=O)n2cc(C3CC3)nn2)cc1. The Labute approximate surface area is 105 Å². The van der Waals surface area contributed by atoms with Gasteiger partial charge < -0.3 is 0 Å². The summed E-state index contributed by atoms with van der Waals surface area (Å²) in [6, 6.07) is 6.71. The van der Waals surface area contributed by atoms with Crippen LogP contribution in [0.3, 0.4) is 0 Å². The van der Waals surface area contributed by atoms with Gasteiger partial charge in [-0.1, -0.05) is 22.9 Å². The average Bonchev–Trinajstić information content (AvgIpc) is 3.07. The van der Waals surface area contributed by atoms with Crippen LogP contribution in [0.5, 0.6) is 0 Å². The van der Waals surface area contributed by atoms with Crippen LogP contribution >= 0.6 is 0 Å². The van der Waals surface area contributed by atoms with Crippen LogP contribution in [0, 0.1) is 6.92 Å². The van der Waals surface area contributed by atoms with E-state index in [2.05, 4.69) is 10.3 Å². The maximum atomic E-state index is 12.3. The van der Waals surface area contributed by atoms with Gasteiger partial charge in [0.1, 0.15) is 0 Å². The number of aryl methyl sites for hydroxylation is 1. The molecule has 0 saturated heterocycles. The second kappa shape index (κ2) is 3.91. The van der Waals surface area contributed by atoms with Crippen molar-refractivity contribution in [1.29, 1.82) is 0 Å². The van der Waals surface area contributed by atoms with Crippen LogP contribution < -0.4 is 0 Å². The average molecular weight is 263 g/mol. The lowest BCUT2D eigenvalue weighted by atomic mass is 10.2. The standard InChI is InChI=1S/C12H13N3O2S/c1-9-2-6-11(7-3-9)18(16,17)15-8-12(13-14-15)10-4-5-10/h2-3,6-8,10H,4-5H2,1H3. The van der Waals surface area contributed by atoms with E-state index in [9.17, 15) is 8.42 Å². The molecule has 5 nitrogen and oxygen atoms in total. The first-order chi connectivity index (χ1) is 8.57. The summed E-state index contributed by atoms with van der Waals surface area (Å²) < 4.78 is 25.5. The molecule has 1 aromatic carbocycles. The van der Waals surface area contributed by atoms with Crippen molar-refractivity contribution in [1.82, 2.24) is 14.4 Å². The molecule has 18 heavy (non-hydrogen) atoms. The second-order valence-corrected chi connectivity index (χ2v) is 6.40. The van der Waals surface area contributed by atoms with Crippen molar-refractivity contribution in [2.24, 2.45) is 0 Å². The van der Waals surface area contributed by atoms with Crippen LogP contribution in [0.25, 0.3) is 0 Å². The minimum atomic E-state index is -3.60. The fourth-order valence-electron chi connectivity index (χ4n) is 1.76. The highest BCUT2D eigenvalue weighted by Crippen LogP contribution is 2.38. The van der Waals surface area contributed by atoms with Gasteiger partial charge in [-0.2, -0.15) is 8.42 Å². The van der Waals surface area contributed by atoms with Crippen LogP contribution in [0.15, 0.2) is 35.4 Å². The first-order valence-corrected chi connectivity index (χ1v) is 7.26. The van der Waals surface area contributed by atoms with Gasteiger partial charge >= 0.3 is 0 Å². The van der Waals surface area contributed by atoms with Gasteiger partial charge in [-0.05, 0) is 31.9 Å². The lowest BCUT2D eigenvalue weighted by Gasteiger charge is -2.03. The van der Waals surface area contributed by atoms with E-state index in [4.69, 9.17) is 0 Å². The molecule has 1 aromatic heterocycles. The third kappa shape index (κ3) is 1.92. The molecule has 0 atom stereocenters. The molecular formula is C12H13N3O2S. The lowest BCUT2D eigenvalue weighted by Crippen LogP contribution is -2.13. The molecule has 6 heteroatoms. The molecule has 94 valence electrons. The van der Waals surface area contributed by atoms with Gasteiger partial charge in [-0.25, -0.2) is 0 Å². The van der Waals surface area contributed by atoms with Crippen LogP contribution in [-0.4, -0.2) is 22.8 Å². The molecule has 1 fully saturated rings. The Kier molecular flexibility index (Phi) is 2.48. The Bertz CT molecular complexity index is 670. The molecule has 0 aliphatic heterocycles. The van der Waals surface area contributed by atoms with Crippen LogP contribution in [-0.2, 0) is 10.0 Å². The van der Waals surface area contributed by atoms with Crippen molar-refractivity contribution in [3.8, 4) is 0 Å². The summed E-state index contributed by atoms with van der Waals surface area (Å²) in [7, 11) is -3.60. The molecule has 0 unspecified atom stereocenters. The zero-order valence-corrected chi connectivity index (χ0v) is 10.8. The van der Waals surface area contributed by atoms with Crippen molar-refractivity contribution < 1.29 is 8.42 Å². The van der Waals surface area contributed by atoms with Crippen molar-refractivity contribution in [3.63, 3.8) is 0 Å². The summed E-state index contributed by atoms with van der Waals surface area (Å²) in [5, 5.41) is 7.65. The van der Waals surface area contributed by atoms with Gasteiger partial charge in [0.15, 0.2) is 0 Å². The fourth-order valence-corrected chi connectivity index (χ4v) is 2.84. The Hall–Kier alpha value is -1.69. The summed E-state index contributed by atoms with van der Waals surface area (Å²) in [5.41, 5.74) is 1.79. The maximum absolute atomic E-state index is 12.3. The van der Waals surface area contributed by atoms with Crippen molar-refractivity contribution in [2.75, 3.05) is 0 Å². The molecule has 0 spiro atoms. The molecule has 3 rings (SSSR count). The molecular weight excluding hydrogens is 250 g/mol. The predicted octanol–water partition coefficient (Wildman–Crippen LogP) is 1.70. The summed E-state index contributed by atoms with van der Waals surface area (Å²) >= 11 is 0. The quantitative estimate of drug-likeness (QED) is 0.845. The van der Waals surface area contributed by atoms with Gasteiger partial charge in [0.25, 0.3) is 10.0 Å². The van der Waals surface area contributed by atoms with E-state index >= 15 is 0 Å². The van der Waals surface area contributed by atoms with Crippen LogP contribution in [0.4, 0.5) is 0 Å². The van der Waals surface area contributed by atoms with E-state index in [0.29, 0.717) is 5.92 Å². The zero-order chi connectivity index (χ0) is 12.8. The van der Waals surface area contributed by atoms with Crippen LogP contribution in [0.1, 0.15) is 30.0 Å². The molecule has 0 bridgehead atoms. The Morgan fingerprint density at radius 2 is 1.89 bits per heavy atom. The number of rotatable bonds is 3. The van der Waals surface area contributed by atoms with E-state index in [-0.39, 0.29) is 4.90 Å². The Morgan fingerprint density at radius 3 is 2.50 bits per heavy atom. The van der Waals surface area contributed by atoms with Gasteiger partial charge in [0, 0.05) is 5.92 Å². The summed E-state index contributed by atoms with van der Waals surface area (Å²) in [6.07, 6.45) is 3.67. The van der Waals surface area contributed by atoms with Crippen molar-refractivity contribution >= 4 is 10.0 Å². The molecule has 1 saturated carbocycles. The molecule has 0 radical (unpaired) electrons. The highest BCUT2D eigenvalue weighted by molar-refractivity contribution is 7.89. The molecule has 0 amide bonds. The molecule has 1 heterocycles. The number of nitrogens with zero attached hydrogens (tertiary/aromatic N) is 3. The first kappa shape index (κ1) is 11.4. The van der Waals surface area contributed by atoms with Gasteiger partial charge in [-0.3, -0.25) is 0 Å².